The fourth-order valence-corrected chi connectivity index (χ4v) is 3.48. The number of halogens is 3. The van der Waals surface area contributed by atoms with E-state index in [-0.39, 0.29) is 12.6 Å². The van der Waals surface area contributed by atoms with Crippen molar-refractivity contribution in [2.75, 3.05) is 6.61 Å². The van der Waals surface area contributed by atoms with Crippen molar-refractivity contribution in [1.82, 2.24) is 9.55 Å². The third-order valence-electron chi connectivity index (χ3n) is 4.21. The fraction of sp³-hybridized carbons (Fsp3) is 0.158. The molecule has 0 bridgehead atoms. The number of rotatable bonds is 4. The Balaban J connectivity index is 1.64. The number of fused-ring (bicyclic) bond motifs is 1. The quantitative estimate of drug-likeness (QED) is 0.529. The molecule has 2 aromatic carbocycles. The molecule has 1 aliphatic rings. The van der Waals surface area contributed by atoms with E-state index in [0.717, 1.165) is 16.8 Å². The maximum absolute atomic E-state index is 6.20. The third-order valence-corrected chi connectivity index (χ3v) is 5.04. The zero-order chi connectivity index (χ0) is 18.8. The van der Waals surface area contributed by atoms with Crippen LogP contribution in [0.15, 0.2) is 60.3 Å². The number of hydrogen-bond acceptors (Lipinski definition) is 4. The SMILES string of the molecule is Clc1ccc(CO/N=C2/c3ccc(Cl)cc3OCC2n2ccnc2)c(Cl)c1. The van der Waals surface area contributed by atoms with E-state index in [0.29, 0.717) is 27.4 Å². The van der Waals surface area contributed by atoms with Crippen LogP contribution in [0.25, 0.3) is 0 Å². The minimum Gasteiger partial charge on any atom is -0.490 e. The lowest BCUT2D eigenvalue weighted by Gasteiger charge is -2.27. The molecule has 1 unspecified atom stereocenters. The number of aromatic nitrogens is 2. The van der Waals surface area contributed by atoms with Crippen molar-refractivity contribution in [3.05, 3.63) is 81.3 Å². The van der Waals surface area contributed by atoms with E-state index in [2.05, 4.69) is 10.1 Å². The van der Waals surface area contributed by atoms with Gasteiger partial charge in [-0.1, -0.05) is 46.0 Å². The van der Waals surface area contributed by atoms with E-state index in [1.165, 1.54) is 0 Å². The monoisotopic (exact) mass is 421 g/mol. The molecule has 0 spiro atoms. The van der Waals surface area contributed by atoms with Gasteiger partial charge in [0.25, 0.3) is 0 Å². The van der Waals surface area contributed by atoms with Crippen LogP contribution in [0, 0.1) is 0 Å². The van der Waals surface area contributed by atoms with Gasteiger partial charge in [-0.3, -0.25) is 0 Å². The minimum atomic E-state index is -0.165. The van der Waals surface area contributed by atoms with E-state index < -0.39 is 0 Å². The summed E-state index contributed by atoms with van der Waals surface area (Å²) in [5.74, 6) is 0.672. The van der Waals surface area contributed by atoms with Crippen molar-refractivity contribution in [1.29, 1.82) is 0 Å². The Kier molecular flexibility index (Phi) is 5.25. The topological polar surface area (TPSA) is 48.6 Å². The van der Waals surface area contributed by atoms with Crippen molar-refractivity contribution in [3.63, 3.8) is 0 Å². The lowest BCUT2D eigenvalue weighted by molar-refractivity contribution is 0.127. The first kappa shape index (κ1) is 18.2. The zero-order valence-electron chi connectivity index (χ0n) is 14.0. The Morgan fingerprint density at radius 2 is 1.96 bits per heavy atom. The Morgan fingerprint density at radius 3 is 2.74 bits per heavy atom. The van der Waals surface area contributed by atoms with Crippen LogP contribution in [0.2, 0.25) is 15.1 Å². The number of hydrogen-bond donors (Lipinski definition) is 0. The van der Waals surface area contributed by atoms with E-state index in [4.69, 9.17) is 44.4 Å². The number of benzene rings is 2. The predicted molar refractivity (Wildman–Crippen MR) is 106 cm³/mol. The van der Waals surface area contributed by atoms with Crippen LogP contribution >= 0.6 is 34.8 Å². The molecule has 138 valence electrons. The molecule has 4 rings (SSSR count). The second-order valence-electron chi connectivity index (χ2n) is 5.96. The van der Waals surface area contributed by atoms with E-state index >= 15 is 0 Å². The van der Waals surface area contributed by atoms with Gasteiger partial charge in [0.15, 0.2) is 0 Å². The largest absolute Gasteiger partial charge is 0.490 e. The Morgan fingerprint density at radius 1 is 1.15 bits per heavy atom. The van der Waals surface area contributed by atoms with Gasteiger partial charge in [-0.15, -0.1) is 0 Å². The van der Waals surface area contributed by atoms with Crippen LogP contribution in [-0.4, -0.2) is 21.9 Å². The van der Waals surface area contributed by atoms with Crippen LogP contribution < -0.4 is 4.74 Å². The molecule has 1 aliphatic heterocycles. The summed E-state index contributed by atoms with van der Waals surface area (Å²) in [6.45, 7) is 0.619. The Labute approximate surface area is 171 Å². The van der Waals surface area contributed by atoms with Crippen molar-refractivity contribution < 1.29 is 9.57 Å². The van der Waals surface area contributed by atoms with Crippen LogP contribution in [-0.2, 0) is 11.4 Å². The molecule has 1 atom stereocenters. The van der Waals surface area contributed by atoms with Crippen LogP contribution in [0.1, 0.15) is 17.2 Å². The van der Waals surface area contributed by atoms with Gasteiger partial charge in [0.1, 0.15) is 30.7 Å². The van der Waals surface area contributed by atoms with Gasteiger partial charge in [-0.05, 0) is 30.3 Å². The molecule has 0 amide bonds. The maximum Gasteiger partial charge on any atom is 0.143 e. The standard InChI is InChI=1S/C19H14Cl3N3O2/c20-13-2-1-12(16(22)7-13)9-27-24-19-15-4-3-14(21)8-18(15)26-10-17(19)25-6-5-23-11-25/h1-8,11,17H,9-10H2/b24-19-. The number of nitrogens with zero attached hydrogens (tertiary/aromatic N) is 3. The van der Waals surface area contributed by atoms with E-state index in [9.17, 15) is 0 Å². The predicted octanol–water partition coefficient (Wildman–Crippen LogP) is 5.40. The molecule has 27 heavy (non-hydrogen) atoms. The first-order valence-corrected chi connectivity index (χ1v) is 9.29. The normalized spacial score (nSPS) is 17.4. The highest BCUT2D eigenvalue weighted by atomic mass is 35.5. The average Bonchev–Trinajstić information content (AvgIpc) is 3.17. The molecule has 0 N–H and O–H groups in total. The fourth-order valence-electron chi connectivity index (χ4n) is 2.86. The van der Waals surface area contributed by atoms with Crippen molar-refractivity contribution in [2.45, 2.75) is 12.6 Å². The van der Waals surface area contributed by atoms with Crippen molar-refractivity contribution in [2.24, 2.45) is 5.16 Å². The van der Waals surface area contributed by atoms with E-state index in [1.54, 1.807) is 36.8 Å². The highest BCUT2D eigenvalue weighted by Gasteiger charge is 2.29. The number of oxime groups is 1. The molecular weight excluding hydrogens is 409 g/mol. The lowest BCUT2D eigenvalue weighted by Crippen LogP contribution is -2.30. The second kappa shape index (κ2) is 7.80. The first-order chi connectivity index (χ1) is 13.1. The summed E-state index contributed by atoms with van der Waals surface area (Å²) in [4.78, 5) is 9.74. The van der Waals surface area contributed by atoms with Gasteiger partial charge in [-0.25, -0.2) is 4.98 Å². The van der Waals surface area contributed by atoms with Gasteiger partial charge in [0, 0.05) is 38.6 Å². The van der Waals surface area contributed by atoms with Gasteiger partial charge in [-0.2, -0.15) is 0 Å². The van der Waals surface area contributed by atoms with Crippen molar-refractivity contribution >= 4 is 40.5 Å². The molecular formula is C19H14Cl3N3O2. The molecule has 1 aromatic heterocycles. The summed E-state index contributed by atoms with van der Waals surface area (Å²) in [6.07, 6.45) is 5.30. The van der Waals surface area contributed by atoms with Gasteiger partial charge in [0.2, 0.25) is 0 Å². The van der Waals surface area contributed by atoms with Crippen molar-refractivity contribution in [3.8, 4) is 5.75 Å². The molecule has 0 saturated heterocycles. The van der Waals surface area contributed by atoms with Crippen LogP contribution in [0.4, 0.5) is 0 Å². The van der Waals surface area contributed by atoms with Gasteiger partial charge in [0.05, 0.1) is 6.33 Å². The van der Waals surface area contributed by atoms with Gasteiger partial charge < -0.3 is 14.1 Å². The highest BCUT2D eigenvalue weighted by Crippen LogP contribution is 2.33. The molecule has 3 aromatic rings. The first-order valence-electron chi connectivity index (χ1n) is 8.16. The molecule has 0 fully saturated rings. The van der Waals surface area contributed by atoms with Gasteiger partial charge >= 0.3 is 0 Å². The molecule has 5 nitrogen and oxygen atoms in total. The minimum absolute atomic E-state index is 0.165. The molecule has 2 heterocycles. The Bertz CT molecular complexity index is 990. The maximum atomic E-state index is 6.20. The zero-order valence-corrected chi connectivity index (χ0v) is 16.2. The molecule has 0 aliphatic carbocycles. The lowest BCUT2D eigenvalue weighted by atomic mass is 10.00. The summed E-state index contributed by atoms with van der Waals surface area (Å²) in [5, 5.41) is 6.11. The third kappa shape index (κ3) is 3.90. The smallest absolute Gasteiger partial charge is 0.143 e. The summed E-state index contributed by atoms with van der Waals surface area (Å²) >= 11 is 18.2. The summed E-state index contributed by atoms with van der Waals surface area (Å²) in [5.41, 5.74) is 2.36. The van der Waals surface area contributed by atoms with E-state index in [1.807, 2.05) is 22.9 Å². The summed E-state index contributed by atoms with van der Waals surface area (Å²) in [7, 11) is 0. The Hall–Kier alpha value is -2.21. The number of ether oxygens (including phenoxy) is 1. The van der Waals surface area contributed by atoms with Crippen LogP contribution in [0.5, 0.6) is 5.75 Å². The summed E-state index contributed by atoms with van der Waals surface area (Å²) < 4.78 is 7.79. The second-order valence-corrected chi connectivity index (χ2v) is 7.24. The molecule has 8 heteroatoms. The van der Waals surface area contributed by atoms with Crippen LogP contribution in [0.3, 0.4) is 0 Å². The number of imidazole rings is 1. The molecule has 0 saturated carbocycles. The average molecular weight is 423 g/mol. The molecule has 0 radical (unpaired) electrons. The summed E-state index contributed by atoms with van der Waals surface area (Å²) in [6, 6.07) is 10.5. The highest BCUT2D eigenvalue weighted by molar-refractivity contribution is 6.35.